The summed E-state index contributed by atoms with van der Waals surface area (Å²) in [5.41, 5.74) is 3.12. The standard InChI is InChI=1S/C25H52FN2O47P7/c1-76(29,30)52-10-2-44-64-72-69-50-8-16-58-81(40,41)62-22-25(19-28-26)23-63-82(42,43)59-17-9-51-71-75-68-48-6-14-56-79(36,37)54-12-4-46-66-73-65-45-3-11-53-78(34,35)55-13-5-47-67-74-70-49-7-15-57-80(38,39)61-21-24(18-27)20-60-77(31,32)33/h2,4-5,9-10,12-13,17,24-25,28H,3,6-8,11,14-16,18-23,27H2,1H3,(H,29,30)(H,34,35)(H,36,37)(H,38,39)(H,40,41)(H,42,43)(H2,31,32,33)/b10-2+,12-4-,13-5-,17-9+/i/hT. The minimum absolute atomic E-state index is 0.230. The first-order valence-corrected chi connectivity index (χ1v) is 31.2. The van der Waals surface area contributed by atoms with Gasteiger partial charge in [0.2, 0.25) is 0 Å². The number of hydrogen-bond acceptors (Lipinski definition) is 41. The monoisotopic (exact) mass is 1370 g/mol. The van der Waals surface area contributed by atoms with Gasteiger partial charge in [-0.3, -0.25) is 50.9 Å². The lowest BCUT2D eigenvalue weighted by Gasteiger charge is -2.19. The van der Waals surface area contributed by atoms with Gasteiger partial charge >= 0.3 is 54.5 Å². The normalized spacial score (nSPS) is 17.7. The zero-order valence-electron chi connectivity index (χ0n) is 41.7. The smallest absolute Gasteiger partial charge is 0.429 e. The van der Waals surface area contributed by atoms with E-state index >= 15 is 0 Å². The number of halogens is 1. The molecule has 0 fully saturated rings. The molecule has 0 aliphatic rings. The molecule has 0 rings (SSSR count). The highest BCUT2D eigenvalue weighted by molar-refractivity contribution is 7.52. The van der Waals surface area contributed by atoms with Crippen molar-refractivity contribution < 1.29 is 231 Å². The number of rotatable bonds is 60. The number of phosphoric ester groups is 6. The highest BCUT2D eigenvalue weighted by Crippen LogP contribution is 2.47. The molecule has 0 saturated carbocycles. The van der Waals surface area contributed by atoms with E-state index in [-0.39, 0.29) is 6.54 Å². The van der Waals surface area contributed by atoms with E-state index in [1.54, 1.807) is 0 Å². The molecule has 0 radical (unpaired) electrons. The van der Waals surface area contributed by atoms with Crippen LogP contribution in [0.25, 0.3) is 0 Å². The molecule has 0 aromatic rings. The van der Waals surface area contributed by atoms with Crippen molar-refractivity contribution in [1.29, 1.82) is 0 Å². The predicted octanol–water partition coefficient (Wildman–Crippen LogP) is 1.12. The van der Waals surface area contributed by atoms with Crippen LogP contribution in [0.5, 0.6) is 0 Å². The lowest BCUT2D eigenvalue weighted by atomic mass is 10.2. The van der Waals surface area contributed by atoms with Crippen molar-refractivity contribution in [3.05, 3.63) is 50.1 Å². The molecule has 0 aromatic heterocycles. The van der Waals surface area contributed by atoms with Gasteiger partial charge in [-0.15, -0.1) is 4.48 Å². The number of phosphoric acid groups is 6. The summed E-state index contributed by atoms with van der Waals surface area (Å²) in [6.45, 7) is -7.83. The first-order valence-electron chi connectivity index (χ1n) is 20.7. The van der Waals surface area contributed by atoms with Crippen LogP contribution in [-0.4, -0.2) is 138 Å². The highest BCUT2D eigenvalue weighted by Gasteiger charge is 2.29. The van der Waals surface area contributed by atoms with Crippen molar-refractivity contribution >= 4 is 54.5 Å². The van der Waals surface area contributed by atoms with Gasteiger partial charge in [0, 0.05) is 65.4 Å². The van der Waals surface area contributed by atoms with Crippen LogP contribution in [0.2, 0.25) is 1.41 Å². The molecule has 0 aromatic carbocycles. The third-order valence-electron chi connectivity index (χ3n) is 6.09. The molecule has 82 heavy (non-hydrogen) atoms. The zero-order valence-corrected chi connectivity index (χ0v) is 46.9. The Morgan fingerprint density at radius 2 is 0.707 bits per heavy atom. The van der Waals surface area contributed by atoms with Crippen LogP contribution in [-0.2, 0) is 186 Å². The quantitative estimate of drug-likeness (QED) is 0.0102. The lowest BCUT2D eigenvalue weighted by Crippen LogP contribution is -2.25. The predicted molar refractivity (Wildman–Crippen MR) is 232 cm³/mol. The first-order chi connectivity index (χ1) is 39.1. The van der Waals surface area contributed by atoms with Gasteiger partial charge < -0.3 is 67.8 Å². The van der Waals surface area contributed by atoms with Crippen molar-refractivity contribution in [3.8, 4) is 0 Å². The van der Waals surface area contributed by atoms with Crippen molar-refractivity contribution in [3.63, 3.8) is 0 Å². The molecule has 0 aliphatic carbocycles. The van der Waals surface area contributed by atoms with Gasteiger partial charge in [0.05, 0.1) is 52.9 Å². The van der Waals surface area contributed by atoms with Crippen molar-refractivity contribution in [1.82, 2.24) is 5.54 Å². The van der Waals surface area contributed by atoms with Gasteiger partial charge in [-0.05, 0) is 26.7 Å². The average molecular weight is 1370 g/mol. The van der Waals surface area contributed by atoms with E-state index in [4.69, 9.17) is 16.1 Å². The van der Waals surface area contributed by atoms with Gasteiger partial charge in [-0.1, -0.05) is 0 Å². The topological polar surface area (TPSA) is 615 Å². The third-order valence-corrected chi connectivity index (χ3v) is 11.7. The second kappa shape index (κ2) is 46.7. The second-order valence-electron chi connectivity index (χ2n) is 12.4. The number of hydrogen-bond donors (Lipinski definition) is 10. The third kappa shape index (κ3) is 55.4. The van der Waals surface area contributed by atoms with Crippen LogP contribution in [0.15, 0.2) is 50.1 Å². The first kappa shape index (κ1) is 77.6. The molecule has 0 heterocycles. The molecule has 0 spiro atoms. The fourth-order valence-electron chi connectivity index (χ4n) is 3.10. The summed E-state index contributed by atoms with van der Waals surface area (Å²) in [5.74, 6) is -2.13. The van der Waals surface area contributed by atoms with Gasteiger partial charge in [0.25, 0.3) is 0 Å². The molecule has 8 atom stereocenters. The Bertz CT molecular complexity index is 2130. The molecule has 49 nitrogen and oxygen atoms in total. The summed E-state index contributed by atoms with van der Waals surface area (Å²) in [5, 5.41) is 47.2. The minimum Gasteiger partial charge on any atom is -0.429 e. The van der Waals surface area contributed by atoms with Crippen molar-refractivity contribution in [2.24, 2.45) is 17.6 Å². The molecule has 486 valence electrons. The Morgan fingerprint density at radius 1 is 0.402 bits per heavy atom. The van der Waals surface area contributed by atoms with Crippen LogP contribution < -0.4 is 11.3 Å². The van der Waals surface area contributed by atoms with E-state index in [1.165, 1.54) is 5.54 Å². The summed E-state index contributed by atoms with van der Waals surface area (Å²) in [6, 6.07) is 0. The van der Waals surface area contributed by atoms with Crippen LogP contribution in [0.3, 0.4) is 0 Å². The molecule has 0 saturated heterocycles. The molecule has 11 N–H and O–H groups in total. The molecule has 0 bridgehead atoms. The van der Waals surface area contributed by atoms with E-state index < -0.39 is 152 Å². The summed E-state index contributed by atoms with van der Waals surface area (Å²) < 4.78 is 154. The Labute approximate surface area is 457 Å². The summed E-state index contributed by atoms with van der Waals surface area (Å²) in [4.78, 5) is 108. The molecule has 57 heteroatoms. The van der Waals surface area contributed by atoms with Crippen LogP contribution in [0.4, 0.5) is 4.48 Å². The van der Waals surface area contributed by atoms with E-state index in [2.05, 4.69) is 154 Å². The van der Waals surface area contributed by atoms with Crippen molar-refractivity contribution in [2.45, 2.75) is 0 Å². The SMILES string of the molecule is [3H]NCC(COP(=O)(O)O)COP(=O)(O)OCCOOOOO/C=C\OP(=O)(O)OCCOOOOO/C=C\OP(=O)(O)OCCOOOOO/C=C/OP(=O)(O)OCC(CNF)COP(=O)(O)OCCOOOOO/C=C/OP(C)(=O)O. The Balaban J connectivity index is 3.95. The second-order valence-corrected chi connectivity index (χ2v) is 22.6. The number of nitrogens with two attached hydrogens (primary N) is 1. The fourth-order valence-corrected chi connectivity index (χ4v) is 7.14. The average Bonchev–Trinajstić information content (AvgIpc) is 3.41. The van der Waals surface area contributed by atoms with Crippen molar-refractivity contribution in [2.75, 3.05) is 99.0 Å². The molecular formula is C25H52FN2O47P7. The maximum Gasteiger partial charge on any atom is 0.527 e. The van der Waals surface area contributed by atoms with Crippen LogP contribution in [0.1, 0.15) is 0 Å². The maximum atomic E-state index is 12.7. The van der Waals surface area contributed by atoms with E-state index in [1.807, 2.05) is 5.73 Å². The lowest BCUT2D eigenvalue weighted by molar-refractivity contribution is -0.700. The van der Waals surface area contributed by atoms with Gasteiger partial charge in [0.1, 0.15) is 52.9 Å². The zero-order chi connectivity index (χ0) is 62.3. The van der Waals surface area contributed by atoms with Gasteiger partial charge in [-0.2, -0.15) is 5.54 Å². The van der Waals surface area contributed by atoms with Crippen LogP contribution >= 0.6 is 54.5 Å². The molecule has 0 aliphatic heterocycles. The minimum atomic E-state index is -4.94. The van der Waals surface area contributed by atoms with E-state index in [9.17, 15) is 60.9 Å². The Kier molecular flexibility index (Phi) is 44.2. The fraction of sp³-hybridized carbons (Fsp3) is 0.680. The summed E-state index contributed by atoms with van der Waals surface area (Å²) in [7, 11) is -32.6. The van der Waals surface area contributed by atoms with E-state index in [0.29, 0.717) is 50.1 Å². The molecular weight excluding hydrogens is 1320 g/mol. The largest absolute Gasteiger partial charge is 0.527 e. The summed E-state index contributed by atoms with van der Waals surface area (Å²) in [6.07, 6.45) is 3.95. The molecule has 8 unspecified atom stereocenters. The molecule has 0 amide bonds. The van der Waals surface area contributed by atoms with Gasteiger partial charge in [-0.25, -0.2) is 51.5 Å². The van der Waals surface area contributed by atoms with Gasteiger partial charge in [0.15, 0.2) is 25.0 Å². The highest BCUT2D eigenvalue weighted by atomic mass is 31.2. The number of nitrogens with one attached hydrogen (secondary N) is 1. The Hall–Kier alpha value is -2.46. The van der Waals surface area contributed by atoms with Crippen LogP contribution in [0, 0.1) is 11.8 Å². The maximum absolute atomic E-state index is 12.7. The Morgan fingerprint density at radius 3 is 1.04 bits per heavy atom. The summed E-state index contributed by atoms with van der Waals surface area (Å²) >= 11 is 0. The van der Waals surface area contributed by atoms with E-state index in [0.717, 1.165) is 6.66 Å².